The highest BCUT2D eigenvalue weighted by Gasteiger charge is 2.10. The summed E-state index contributed by atoms with van der Waals surface area (Å²) >= 11 is 0. The normalized spacial score (nSPS) is 11.2. The molecule has 0 N–H and O–H groups in total. The first-order valence-electron chi connectivity index (χ1n) is 18.1. The van der Waals surface area contributed by atoms with Crippen molar-refractivity contribution >= 4 is 0 Å². The lowest BCUT2D eigenvalue weighted by Gasteiger charge is -2.13. The maximum absolute atomic E-state index is 4.96. The van der Waals surface area contributed by atoms with E-state index in [2.05, 4.69) is 130 Å². The molecule has 46 heavy (non-hydrogen) atoms. The van der Waals surface area contributed by atoms with E-state index in [0.29, 0.717) is 0 Å². The second-order valence-corrected chi connectivity index (χ2v) is 13.1. The standard InChI is InChI=1S/C45H53N/c1-4-7-10-12-16-35-20-24-38(25-21-35)42-31-43(39-26-22-36(23-27-39)17-13-11-8-5-2)33-44(32-42)41-28-29-45(46-34-41)40-19-14-18-37(30-40)15-9-6-3/h14,18-34H,4-13,15-17H2,1-3H3. The van der Waals surface area contributed by atoms with Gasteiger partial charge in [0.2, 0.25) is 0 Å². The molecule has 0 amide bonds. The van der Waals surface area contributed by atoms with Crippen LogP contribution in [0.4, 0.5) is 0 Å². The molecular weight excluding hydrogens is 555 g/mol. The van der Waals surface area contributed by atoms with Crippen molar-refractivity contribution in [1.29, 1.82) is 0 Å². The minimum absolute atomic E-state index is 1.03. The Kier molecular flexibility index (Phi) is 12.8. The van der Waals surface area contributed by atoms with Crippen molar-refractivity contribution in [2.75, 3.05) is 0 Å². The Morgan fingerprint density at radius 1 is 0.370 bits per heavy atom. The molecule has 1 heterocycles. The van der Waals surface area contributed by atoms with Gasteiger partial charge in [-0.2, -0.15) is 0 Å². The minimum atomic E-state index is 1.03. The van der Waals surface area contributed by atoms with Crippen LogP contribution >= 0.6 is 0 Å². The predicted octanol–water partition coefficient (Wildman–Crippen LogP) is 13.3. The topological polar surface area (TPSA) is 12.9 Å². The SMILES string of the molecule is CCCCCCc1ccc(-c2cc(-c3ccc(CCCCCC)cc3)cc(-c3ccc(-c4cccc(CCCC)c4)nc3)c2)cc1. The van der Waals surface area contributed by atoms with Crippen LogP contribution in [0.15, 0.2) is 109 Å². The summed E-state index contributed by atoms with van der Waals surface area (Å²) in [5, 5.41) is 0. The molecule has 4 aromatic carbocycles. The van der Waals surface area contributed by atoms with Gasteiger partial charge in [-0.05, 0) is 113 Å². The lowest BCUT2D eigenvalue weighted by Crippen LogP contribution is -1.91. The first kappa shape index (κ1) is 33.4. The van der Waals surface area contributed by atoms with Gasteiger partial charge < -0.3 is 0 Å². The Morgan fingerprint density at radius 3 is 1.37 bits per heavy atom. The summed E-state index contributed by atoms with van der Waals surface area (Å²) in [6.07, 6.45) is 18.3. The number of aryl methyl sites for hydroxylation is 3. The van der Waals surface area contributed by atoms with Crippen molar-refractivity contribution in [2.45, 2.75) is 104 Å². The molecule has 0 spiro atoms. The van der Waals surface area contributed by atoms with Gasteiger partial charge in [0, 0.05) is 17.3 Å². The van der Waals surface area contributed by atoms with E-state index in [-0.39, 0.29) is 0 Å². The third kappa shape index (κ3) is 9.52. The van der Waals surface area contributed by atoms with Crippen LogP contribution in [0.5, 0.6) is 0 Å². The second-order valence-electron chi connectivity index (χ2n) is 13.1. The van der Waals surface area contributed by atoms with Crippen molar-refractivity contribution in [3.63, 3.8) is 0 Å². The second kappa shape index (κ2) is 17.7. The molecule has 1 heteroatoms. The van der Waals surface area contributed by atoms with Gasteiger partial charge in [-0.1, -0.05) is 139 Å². The van der Waals surface area contributed by atoms with Gasteiger partial charge >= 0.3 is 0 Å². The number of hydrogen-bond donors (Lipinski definition) is 0. The van der Waals surface area contributed by atoms with E-state index in [1.165, 1.54) is 114 Å². The van der Waals surface area contributed by atoms with Crippen LogP contribution in [-0.2, 0) is 19.3 Å². The summed E-state index contributed by atoms with van der Waals surface area (Å²) in [6.45, 7) is 6.80. The summed E-state index contributed by atoms with van der Waals surface area (Å²) in [5.74, 6) is 0. The number of hydrogen-bond acceptors (Lipinski definition) is 1. The van der Waals surface area contributed by atoms with Gasteiger partial charge in [0.25, 0.3) is 0 Å². The highest BCUT2D eigenvalue weighted by atomic mass is 14.7. The third-order valence-corrected chi connectivity index (χ3v) is 9.28. The van der Waals surface area contributed by atoms with Gasteiger partial charge in [-0.3, -0.25) is 4.98 Å². The van der Waals surface area contributed by atoms with Crippen LogP contribution in [0.3, 0.4) is 0 Å². The summed E-state index contributed by atoms with van der Waals surface area (Å²) in [6, 6.07) is 38.9. The highest BCUT2D eigenvalue weighted by Crippen LogP contribution is 2.34. The fraction of sp³-hybridized carbons (Fsp3) is 0.356. The fourth-order valence-corrected chi connectivity index (χ4v) is 6.37. The van der Waals surface area contributed by atoms with E-state index in [0.717, 1.165) is 30.5 Å². The van der Waals surface area contributed by atoms with Crippen LogP contribution in [0.25, 0.3) is 44.6 Å². The molecule has 0 radical (unpaired) electrons. The molecule has 5 aromatic rings. The molecule has 0 bridgehead atoms. The average molecular weight is 608 g/mol. The maximum Gasteiger partial charge on any atom is 0.0702 e. The van der Waals surface area contributed by atoms with Gasteiger partial charge in [-0.25, -0.2) is 0 Å². The average Bonchev–Trinajstić information content (AvgIpc) is 3.11. The Balaban J connectivity index is 1.43. The minimum Gasteiger partial charge on any atom is -0.256 e. The van der Waals surface area contributed by atoms with Crippen molar-refractivity contribution in [3.8, 4) is 44.6 Å². The Morgan fingerprint density at radius 2 is 0.870 bits per heavy atom. The van der Waals surface area contributed by atoms with Gasteiger partial charge in [-0.15, -0.1) is 0 Å². The summed E-state index contributed by atoms with van der Waals surface area (Å²) in [4.78, 5) is 4.96. The molecule has 0 fully saturated rings. The first-order chi connectivity index (χ1) is 22.7. The fourth-order valence-electron chi connectivity index (χ4n) is 6.37. The number of pyridine rings is 1. The molecule has 0 aliphatic heterocycles. The molecule has 0 aliphatic carbocycles. The lowest BCUT2D eigenvalue weighted by atomic mass is 9.92. The van der Waals surface area contributed by atoms with Crippen molar-refractivity contribution < 1.29 is 0 Å². The number of rotatable bonds is 17. The lowest BCUT2D eigenvalue weighted by molar-refractivity contribution is 0.667. The molecule has 0 unspecified atom stereocenters. The van der Waals surface area contributed by atoms with Crippen molar-refractivity contribution in [2.24, 2.45) is 0 Å². The summed E-state index contributed by atoms with van der Waals surface area (Å²) in [5.41, 5.74) is 13.9. The molecular formula is C45H53N. The van der Waals surface area contributed by atoms with E-state index in [9.17, 15) is 0 Å². The molecule has 1 aromatic heterocycles. The van der Waals surface area contributed by atoms with Crippen LogP contribution in [0, 0.1) is 0 Å². The van der Waals surface area contributed by atoms with E-state index >= 15 is 0 Å². The highest BCUT2D eigenvalue weighted by molar-refractivity contribution is 5.81. The van der Waals surface area contributed by atoms with Gasteiger partial charge in [0.05, 0.1) is 5.69 Å². The smallest absolute Gasteiger partial charge is 0.0702 e. The Bertz CT molecular complexity index is 1540. The first-order valence-corrected chi connectivity index (χ1v) is 18.1. The summed E-state index contributed by atoms with van der Waals surface area (Å²) < 4.78 is 0. The number of nitrogens with zero attached hydrogens (tertiary/aromatic N) is 1. The molecule has 0 saturated carbocycles. The zero-order valence-corrected chi connectivity index (χ0v) is 28.5. The van der Waals surface area contributed by atoms with E-state index in [1.54, 1.807) is 0 Å². The van der Waals surface area contributed by atoms with Crippen LogP contribution in [0.1, 0.15) is 102 Å². The monoisotopic (exact) mass is 607 g/mol. The number of benzene rings is 4. The van der Waals surface area contributed by atoms with E-state index in [1.807, 2.05) is 0 Å². The molecule has 1 nitrogen and oxygen atoms in total. The van der Waals surface area contributed by atoms with Crippen molar-refractivity contribution in [3.05, 3.63) is 126 Å². The molecule has 0 saturated heterocycles. The quantitative estimate of drug-likeness (QED) is 0.0958. The number of unbranched alkanes of at least 4 members (excludes halogenated alkanes) is 7. The largest absolute Gasteiger partial charge is 0.256 e. The van der Waals surface area contributed by atoms with Crippen LogP contribution in [0.2, 0.25) is 0 Å². The molecule has 5 rings (SSSR count). The van der Waals surface area contributed by atoms with E-state index in [4.69, 9.17) is 4.98 Å². The zero-order valence-electron chi connectivity index (χ0n) is 28.5. The van der Waals surface area contributed by atoms with Crippen LogP contribution in [-0.4, -0.2) is 4.98 Å². The van der Waals surface area contributed by atoms with Crippen LogP contribution < -0.4 is 0 Å². The zero-order chi connectivity index (χ0) is 32.0. The molecule has 0 aliphatic rings. The van der Waals surface area contributed by atoms with Crippen molar-refractivity contribution in [1.82, 2.24) is 4.98 Å². The molecule has 0 atom stereocenters. The van der Waals surface area contributed by atoms with Gasteiger partial charge in [0.1, 0.15) is 0 Å². The third-order valence-electron chi connectivity index (χ3n) is 9.28. The molecule has 238 valence electrons. The Labute approximate surface area is 279 Å². The summed E-state index contributed by atoms with van der Waals surface area (Å²) in [7, 11) is 0. The van der Waals surface area contributed by atoms with E-state index < -0.39 is 0 Å². The number of aromatic nitrogens is 1. The predicted molar refractivity (Wildman–Crippen MR) is 200 cm³/mol. The Hall–Kier alpha value is -3.97. The van der Waals surface area contributed by atoms with Gasteiger partial charge in [0.15, 0.2) is 0 Å². The maximum atomic E-state index is 4.96.